The van der Waals surface area contributed by atoms with Crippen LogP contribution in [0.2, 0.25) is 0 Å². The molecule has 0 aliphatic rings. The van der Waals surface area contributed by atoms with Crippen LogP contribution in [0.25, 0.3) is 6.08 Å². The molecule has 219 valence electrons. The molecule has 0 amide bonds. The summed E-state index contributed by atoms with van der Waals surface area (Å²) >= 11 is 0. The molecule has 0 fully saturated rings. The average Bonchev–Trinajstić information content (AvgIpc) is 2.90. The number of hydrogen-bond donors (Lipinski definition) is 2. The van der Waals surface area contributed by atoms with Crippen molar-refractivity contribution < 1.29 is 41.0 Å². The Labute approximate surface area is 234 Å². The molecule has 4 N–H and O–H groups in total. The van der Waals surface area contributed by atoms with E-state index in [9.17, 15) is 26.7 Å². The van der Waals surface area contributed by atoms with Crippen molar-refractivity contribution in [1.82, 2.24) is 0 Å². The number of benzene rings is 3. The predicted molar refractivity (Wildman–Crippen MR) is 146 cm³/mol. The standard InChI is InChI=1S/C30H30F5N2O4/c1-20(26-14-9-23(36)18-27(26)37)19-40-28(38)15-6-21-4-7-22(8-5-21)30(34,35)41-25-12-10-24(11-13-25)39-17-3-2-16-29(31,32)33/h4-15,18,20H,1-3,16-17,19,36-37H2/b15-6+. The average molecular weight is 578 g/mol. The van der Waals surface area contributed by atoms with Crippen molar-refractivity contribution in [2.75, 3.05) is 24.7 Å². The topological polar surface area (TPSA) is 96.8 Å². The summed E-state index contributed by atoms with van der Waals surface area (Å²) in [5.74, 6) is -0.855. The number of carbonyl (C=O) groups excluding carboxylic acids is 1. The van der Waals surface area contributed by atoms with E-state index < -0.39 is 36.2 Å². The van der Waals surface area contributed by atoms with Crippen LogP contribution in [-0.4, -0.2) is 25.4 Å². The molecule has 1 atom stereocenters. The highest BCUT2D eigenvalue weighted by atomic mass is 19.4. The van der Waals surface area contributed by atoms with E-state index in [1.54, 1.807) is 18.2 Å². The molecule has 3 aromatic carbocycles. The lowest BCUT2D eigenvalue weighted by atomic mass is 10.00. The third-order valence-corrected chi connectivity index (χ3v) is 5.83. The number of halogens is 5. The smallest absolute Gasteiger partial charge is 0.426 e. The summed E-state index contributed by atoms with van der Waals surface area (Å²) in [6, 6.07) is 15.4. The zero-order valence-electron chi connectivity index (χ0n) is 22.0. The van der Waals surface area contributed by atoms with E-state index in [1.165, 1.54) is 60.7 Å². The highest BCUT2D eigenvalue weighted by Crippen LogP contribution is 2.33. The number of ether oxygens (including phenoxy) is 3. The Balaban J connectivity index is 1.47. The van der Waals surface area contributed by atoms with Crippen LogP contribution in [0.1, 0.15) is 41.9 Å². The van der Waals surface area contributed by atoms with Gasteiger partial charge in [0.1, 0.15) is 11.5 Å². The van der Waals surface area contributed by atoms with Gasteiger partial charge in [-0.05, 0) is 85.5 Å². The van der Waals surface area contributed by atoms with E-state index in [0.29, 0.717) is 28.3 Å². The maximum atomic E-state index is 14.7. The lowest BCUT2D eigenvalue weighted by molar-refractivity contribution is -0.185. The van der Waals surface area contributed by atoms with Gasteiger partial charge in [-0.3, -0.25) is 0 Å². The maximum Gasteiger partial charge on any atom is 0.426 e. The fourth-order valence-electron chi connectivity index (χ4n) is 3.67. The molecule has 11 heteroatoms. The lowest BCUT2D eigenvalue weighted by Crippen LogP contribution is -2.21. The Bertz CT molecular complexity index is 1310. The number of esters is 1. The summed E-state index contributed by atoms with van der Waals surface area (Å²) < 4.78 is 81.2. The van der Waals surface area contributed by atoms with Crippen molar-refractivity contribution in [1.29, 1.82) is 0 Å². The first-order valence-electron chi connectivity index (χ1n) is 12.6. The van der Waals surface area contributed by atoms with Crippen molar-refractivity contribution in [2.24, 2.45) is 0 Å². The Morgan fingerprint density at radius 2 is 1.56 bits per heavy atom. The van der Waals surface area contributed by atoms with Gasteiger partial charge in [0, 0.05) is 29.8 Å². The largest absolute Gasteiger partial charge is 0.494 e. The van der Waals surface area contributed by atoms with E-state index in [-0.39, 0.29) is 31.8 Å². The van der Waals surface area contributed by atoms with Crippen LogP contribution < -0.4 is 20.9 Å². The summed E-state index contributed by atoms with van der Waals surface area (Å²) in [5.41, 5.74) is 13.3. The zero-order chi connectivity index (χ0) is 30.0. The number of rotatable bonds is 13. The summed E-state index contributed by atoms with van der Waals surface area (Å²) in [5, 5.41) is 0. The summed E-state index contributed by atoms with van der Waals surface area (Å²) in [6.07, 6.45) is -6.02. The van der Waals surface area contributed by atoms with E-state index in [0.717, 1.165) is 0 Å². The molecule has 0 aliphatic carbocycles. The number of anilines is 2. The van der Waals surface area contributed by atoms with Crippen LogP contribution in [0.15, 0.2) is 72.8 Å². The van der Waals surface area contributed by atoms with Crippen molar-refractivity contribution in [3.05, 3.63) is 96.4 Å². The number of nitrogen functional groups attached to an aromatic ring is 2. The van der Waals surface area contributed by atoms with Crippen LogP contribution in [0.3, 0.4) is 0 Å². The van der Waals surface area contributed by atoms with Gasteiger partial charge in [0.25, 0.3) is 0 Å². The fourth-order valence-corrected chi connectivity index (χ4v) is 3.67. The van der Waals surface area contributed by atoms with Gasteiger partial charge in [-0.2, -0.15) is 22.0 Å². The van der Waals surface area contributed by atoms with E-state index in [4.69, 9.17) is 25.7 Å². The second kappa shape index (κ2) is 13.9. The first-order chi connectivity index (χ1) is 19.3. The third kappa shape index (κ3) is 10.3. The minimum atomic E-state index is -4.21. The van der Waals surface area contributed by atoms with E-state index in [1.807, 2.05) is 0 Å². The molecule has 0 aliphatic heterocycles. The lowest BCUT2D eigenvalue weighted by Gasteiger charge is -2.18. The highest BCUT2D eigenvalue weighted by molar-refractivity contribution is 5.87. The van der Waals surface area contributed by atoms with Gasteiger partial charge in [0.15, 0.2) is 0 Å². The van der Waals surface area contributed by atoms with Crippen molar-refractivity contribution >= 4 is 23.4 Å². The van der Waals surface area contributed by atoms with Gasteiger partial charge >= 0.3 is 18.3 Å². The SMILES string of the molecule is [CH2]C(COC(=O)/C=C/c1ccc(C(F)(F)Oc2ccc(OCCCCC(F)(F)F)cc2)cc1)c1ccc(N)cc1N. The van der Waals surface area contributed by atoms with Crippen molar-refractivity contribution in [3.63, 3.8) is 0 Å². The monoisotopic (exact) mass is 577 g/mol. The molecule has 0 saturated heterocycles. The second-order valence-corrected chi connectivity index (χ2v) is 9.18. The Hall–Kier alpha value is -4.28. The molecule has 0 bridgehead atoms. The molecule has 0 aromatic heterocycles. The predicted octanol–water partition coefficient (Wildman–Crippen LogP) is 7.26. The molecule has 0 spiro atoms. The third-order valence-electron chi connectivity index (χ3n) is 5.83. The Morgan fingerprint density at radius 1 is 0.902 bits per heavy atom. The Morgan fingerprint density at radius 3 is 2.20 bits per heavy atom. The van der Waals surface area contributed by atoms with Gasteiger partial charge in [0.2, 0.25) is 0 Å². The van der Waals surface area contributed by atoms with E-state index in [2.05, 4.69) is 6.92 Å². The van der Waals surface area contributed by atoms with Crippen molar-refractivity contribution in [2.45, 2.75) is 37.5 Å². The molecular formula is C30H30F5N2O4. The van der Waals surface area contributed by atoms with Crippen LogP contribution in [0.4, 0.5) is 33.3 Å². The number of hydrogen-bond acceptors (Lipinski definition) is 6. The molecule has 0 saturated carbocycles. The molecule has 0 heterocycles. The quantitative estimate of drug-likeness (QED) is 0.0730. The zero-order valence-corrected chi connectivity index (χ0v) is 22.0. The number of alkyl halides is 5. The molecule has 41 heavy (non-hydrogen) atoms. The molecule has 3 aromatic rings. The minimum Gasteiger partial charge on any atom is -0.494 e. The van der Waals surface area contributed by atoms with Gasteiger partial charge in [-0.15, -0.1) is 0 Å². The number of unbranched alkanes of at least 4 members (excludes halogenated alkanes) is 1. The first-order valence-corrected chi connectivity index (χ1v) is 12.6. The molecule has 3 rings (SSSR count). The molecule has 1 radical (unpaired) electrons. The Kier molecular flexibility index (Phi) is 10.6. The number of nitrogens with two attached hydrogens (primary N) is 2. The van der Waals surface area contributed by atoms with Crippen molar-refractivity contribution in [3.8, 4) is 11.5 Å². The second-order valence-electron chi connectivity index (χ2n) is 9.18. The highest BCUT2D eigenvalue weighted by Gasteiger charge is 2.34. The van der Waals surface area contributed by atoms with E-state index >= 15 is 0 Å². The van der Waals surface area contributed by atoms with Crippen LogP contribution in [0, 0.1) is 6.92 Å². The fraction of sp³-hybridized carbons (Fsp3) is 0.267. The summed E-state index contributed by atoms with van der Waals surface area (Å²) in [4.78, 5) is 12.1. The van der Waals surface area contributed by atoms with Gasteiger partial charge in [-0.25, -0.2) is 4.79 Å². The molecular weight excluding hydrogens is 547 g/mol. The van der Waals surface area contributed by atoms with Gasteiger partial charge in [0.05, 0.1) is 18.8 Å². The van der Waals surface area contributed by atoms with Gasteiger partial charge < -0.3 is 25.7 Å². The minimum absolute atomic E-state index is 0.0190. The van der Waals surface area contributed by atoms with Crippen LogP contribution in [0.5, 0.6) is 11.5 Å². The first kappa shape index (κ1) is 31.3. The van der Waals surface area contributed by atoms with Gasteiger partial charge in [-0.1, -0.05) is 18.2 Å². The normalized spacial score (nSPS) is 12.7. The summed E-state index contributed by atoms with van der Waals surface area (Å²) in [7, 11) is 0. The van der Waals surface area contributed by atoms with Crippen LogP contribution >= 0.6 is 0 Å². The number of carbonyl (C=O) groups is 1. The molecule has 1 unspecified atom stereocenters. The molecule has 6 nitrogen and oxygen atoms in total. The maximum absolute atomic E-state index is 14.7. The summed E-state index contributed by atoms with van der Waals surface area (Å²) in [6.45, 7) is 3.99. The van der Waals surface area contributed by atoms with Crippen LogP contribution in [-0.2, 0) is 15.6 Å².